The minimum atomic E-state index is 0.898. The van der Waals surface area contributed by atoms with Gasteiger partial charge in [0.05, 0.1) is 7.11 Å². The molecule has 2 heteroatoms. The maximum Gasteiger partial charge on any atom is 0.119 e. The molecule has 2 nitrogen and oxygen atoms in total. The highest BCUT2D eigenvalue weighted by Gasteiger charge is 2.08. The van der Waals surface area contributed by atoms with Gasteiger partial charge in [0.15, 0.2) is 0 Å². The number of rotatable bonds is 6. The van der Waals surface area contributed by atoms with Crippen molar-refractivity contribution in [2.45, 2.75) is 12.8 Å². The number of ether oxygens (including phenoxy) is 1. The predicted octanol–water partition coefficient (Wildman–Crippen LogP) is 6.07. The lowest BCUT2D eigenvalue weighted by Gasteiger charge is -2.20. The standard InChI is InChI=1S/C25H25NO/c1-26(21-13-15-22(27-2)16-14-21)17-7-12-25-23-10-5-3-8-19(23)18-20-9-4-6-11-24(20)25/h3-6,8-11,13-16,18H,7,12,17H2,1-2H3. The summed E-state index contributed by atoms with van der Waals surface area (Å²) in [7, 11) is 3.86. The Bertz CT molecular complexity index is 999. The van der Waals surface area contributed by atoms with Gasteiger partial charge in [0, 0.05) is 19.3 Å². The van der Waals surface area contributed by atoms with Crippen LogP contribution in [0.25, 0.3) is 21.5 Å². The van der Waals surface area contributed by atoms with Crippen molar-refractivity contribution in [3.05, 3.63) is 84.4 Å². The first-order valence-electron chi connectivity index (χ1n) is 9.51. The smallest absolute Gasteiger partial charge is 0.119 e. The van der Waals surface area contributed by atoms with E-state index in [9.17, 15) is 0 Å². The van der Waals surface area contributed by atoms with Crippen LogP contribution in [0.3, 0.4) is 0 Å². The Balaban J connectivity index is 1.55. The zero-order valence-corrected chi connectivity index (χ0v) is 16.0. The van der Waals surface area contributed by atoms with E-state index in [0.717, 1.165) is 25.1 Å². The molecule has 0 atom stereocenters. The third-order valence-electron chi connectivity index (χ3n) is 5.32. The fourth-order valence-electron chi connectivity index (χ4n) is 3.84. The third-order valence-corrected chi connectivity index (χ3v) is 5.32. The largest absolute Gasteiger partial charge is 0.497 e. The SMILES string of the molecule is COc1ccc(N(C)CCCc2c3ccccc3cc3ccccc23)cc1. The molecular formula is C25H25NO. The van der Waals surface area contributed by atoms with E-state index in [1.165, 1.54) is 32.8 Å². The Morgan fingerprint density at radius 3 is 1.96 bits per heavy atom. The average Bonchev–Trinajstić information content (AvgIpc) is 2.73. The van der Waals surface area contributed by atoms with Gasteiger partial charge in [-0.2, -0.15) is 0 Å². The van der Waals surface area contributed by atoms with Crippen LogP contribution in [0.1, 0.15) is 12.0 Å². The average molecular weight is 355 g/mol. The summed E-state index contributed by atoms with van der Waals surface area (Å²) in [5.41, 5.74) is 2.69. The monoisotopic (exact) mass is 355 g/mol. The quantitative estimate of drug-likeness (QED) is 0.389. The molecule has 0 bridgehead atoms. The predicted molar refractivity (Wildman–Crippen MR) is 116 cm³/mol. The van der Waals surface area contributed by atoms with Crippen LogP contribution in [0.2, 0.25) is 0 Å². The maximum absolute atomic E-state index is 5.25. The molecule has 0 saturated heterocycles. The van der Waals surface area contributed by atoms with E-state index in [1.54, 1.807) is 7.11 Å². The second-order valence-electron chi connectivity index (χ2n) is 7.02. The molecule has 0 unspecified atom stereocenters. The van der Waals surface area contributed by atoms with E-state index in [0.29, 0.717) is 0 Å². The maximum atomic E-state index is 5.25. The summed E-state index contributed by atoms with van der Waals surface area (Å²) in [4.78, 5) is 2.31. The van der Waals surface area contributed by atoms with Crippen LogP contribution >= 0.6 is 0 Å². The van der Waals surface area contributed by atoms with E-state index in [1.807, 2.05) is 12.1 Å². The first-order chi connectivity index (χ1) is 13.3. The van der Waals surface area contributed by atoms with Crippen LogP contribution in [-0.4, -0.2) is 20.7 Å². The molecule has 0 aliphatic carbocycles. The lowest BCUT2D eigenvalue weighted by atomic mass is 9.94. The Labute approximate surface area is 161 Å². The van der Waals surface area contributed by atoms with Gasteiger partial charge in [-0.3, -0.25) is 0 Å². The molecule has 0 radical (unpaired) electrons. The molecule has 27 heavy (non-hydrogen) atoms. The van der Waals surface area contributed by atoms with Crippen LogP contribution in [0.15, 0.2) is 78.9 Å². The summed E-state index contributed by atoms with van der Waals surface area (Å²) in [6, 6.07) is 28.0. The van der Waals surface area contributed by atoms with Crippen LogP contribution in [0.5, 0.6) is 5.75 Å². The van der Waals surface area contributed by atoms with Crippen molar-refractivity contribution in [1.82, 2.24) is 0 Å². The van der Waals surface area contributed by atoms with Gasteiger partial charge in [-0.1, -0.05) is 48.5 Å². The molecule has 0 N–H and O–H groups in total. The molecule has 0 aliphatic heterocycles. The zero-order valence-electron chi connectivity index (χ0n) is 16.0. The Morgan fingerprint density at radius 2 is 1.37 bits per heavy atom. The van der Waals surface area contributed by atoms with Crippen molar-refractivity contribution in [3.8, 4) is 5.75 Å². The van der Waals surface area contributed by atoms with Crippen molar-refractivity contribution in [1.29, 1.82) is 0 Å². The lowest BCUT2D eigenvalue weighted by Crippen LogP contribution is -2.18. The summed E-state index contributed by atoms with van der Waals surface area (Å²) in [5.74, 6) is 0.898. The number of nitrogens with zero attached hydrogens (tertiary/aromatic N) is 1. The Hall–Kier alpha value is -3.00. The van der Waals surface area contributed by atoms with Gasteiger partial charge in [-0.25, -0.2) is 0 Å². The van der Waals surface area contributed by atoms with Crippen LogP contribution in [0.4, 0.5) is 5.69 Å². The van der Waals surface area contributed by atoms with Gasteiger partial charge in [-0.15, -0.1) is 0 Å². The van der Waals surface area contributed by atoms with Gasteiger partial charge in [0.25, 0.3) is 0 Å². The topological polar surface area (TPSA) is 12.5 Å². The highest BCUT2D eigenvalue weighted by molar-refractivity contribution is 6.02. The fraction of sp³-hybridized carbons (Fsp3) is 0.200. The second-order valence-corrected chi connectivity index (χ2v) is 7.02. The highest BCUT2D eigenvalue weighted by atomic mass is 16.5. The molecule has 0 heterocycles. The zero-order chi connectivity index (χ0) is 18.6. The molecule has 4 aromatic carbocycles. The molecule has 4 rings (SSSR count). The number of aryl methyl sites for hydroxylation is 1. The Kier molecular flexibility index (Phi) is 4.97. The van der Waals surface area contributed by atoms with Crippen LogP contribution in [0, 0.1) is 0 Å². The number of hydrogen-bond acceptors (Lipinski definition) is 2. The van der Waals surface area contributed by atoms with Gasteiger partial charge in [-0.05, 0) is 70.3 Å². The molecular weight excluding hydrogens is 330 g/mol. The van der Waals surface area contributed by atoms with E-state index >= 15 is 0 Å². The number of anilines is 1. The van der Waals surface area contributed by atoms with Crippen molar-refractivity contribution in [2.75, 3.05) is 25.6 Å². The van der Waals surface area contributed by atoms with Crippen molar-refractivity contribution >= 4 is 27.2 Å². The molecule has 0 aliphatic rings. The summed E-state index contributed by atoms with van der Waals surface area (Å²) in [6.45, 7) is 1.02. The summed E-state index contributed by atoms with van der Waals surface area (Å²) in [6.07, 6.45) is 2.18. The molecule has 4 aromatic rings. The van der Waals surface area contributed by atoms with Crippen molar-refractivity contribution in [3.63, 3.8) is 0 Å². The van der Waals surface area contributed by atoms with Crippen LogP contribution < -0.4 is 9.64 Å². The molecule has 0 spiro atoms. The van der Waals surface area contributed by atoms with Crippen molar-refractivity contribution in [2.24, 2.45) is 0 Å². The van der Waals surface area contributed by atoms with E-state index in [4.69, 9.17) is 4.74 Å². The first-order valence-corrected chi connectivity index (χ1v) is 9.51. The molecule has 0 saturated carbocycles. The molecule has 0 fully saturated rings. The van der Waals surface area contributed by atoms with E-state index < -0.39 is 0 Å². The van der Waals surface area contributed by atoms with E-state index in [-0.39, 0.29) is 0 Å². The van der Waals surface area contributed by atoms with E-state index in [2.05, 4.69) is 78.7 Å². The minimum Gasteiger partial charge on any atom is -0.497 e. The summed E-state index contributed by atoms with van der Waals surface area (Å²) >= 11 is 0. The van der Waals surface area contributed by atoms with Crippen molar-refractivity contribution < 1.29 is 4.74 Å². The number of benzene rings is 4. The molecule has 0 aromatic heterocycles. The lowest BCUT2D eigenvalue weighted by molar-refractivity contribution is 0.415. The molecule has 136 valence electrons. The van der Waals surface area contributed by atoms with Gasteiger partial charge >= 0.3 is 0 Å². The van der Waals surface area contributed by atoms with Gasteiger partial charge < -0.3 is 9.64 Å². The third kappa shape index (κ3) is 3.61. The number of hydrogen-bond donors (Lipinski definition) is 0. The summed E-state index contributed by atoms with van der Waals surface area (Å²) < 4.78 is 5.25. The second kappa shape index (κ2) is 7.71. The number of fused-ring (bicyclic) bond motifs is 2. The Morgan fingerprint density at radius 1 is 0.778 bits per heavy atom. The fourth-order valence-corrected chi connectivity index (χ4v) is 3.84. The number of methoxy groups -OCH3 is 1. The van der Waals surface area contributed by atoms with Crippen LogP contribution in [-0.2, 0) is 6.42 Å². The van der Waals surface area contributed by atoms with Gasteiger partial charge in [0.1, 0.15) is 5.75 Å². The normalized spacial score (nSPS) is 11.0. The minimum absolute atomic E-state index is 0.898. The molecule has 0 amide bonds. The van der Waals surface area contributed by atoms with Gasteiger partial charge in [0.2, 0.25) is 0 Å². The highest BCUT2D eigenvalue weighted by Crippen LogP contribution is 2.29. The first kappa shape index (κ1) is 17.4. The summed E-state index contributed by atoms with van der Waals surface area (Å²) in [5, 5.41) is 5.41.